The van der Waals surface area contributed by atoms with Crippen molar-refractivity contribution >= 4 is 35.1 Å². The van der Waals surface area contributed by atoms with Crippen molar-refractivity contribution in [1.82, 2.24) is 4.90 Å². The number of ether oxygens (including phenoxy) is 1. The summed E-state index contributed by atoms with van der Waals surface area (Å²) >= 11 is 7.77. The summed E-state index contributed by atoms with van der Waals surface area (Å²) in [6, 6.07) is 14.2. The number of hydrogen-bond acceptors (Lipinski definition) is 4. The van der Waals surface area contributed by atoms with E-state index in [9.17, 15) is 9.18 Å². The maximum Gasteiger partial charge on any atom is 0.252 e. The molecule has 166 valence electrons. The van der Waals surface area contributed by atoms with Crippen molar-refractivity contribution in [3.05, 3.63) is 64.9 Å². The molecule has 1 aliphatic heterocycles. The molecular formula is C24H28ClFN2O2S. The zero-order chi connectivity index (χ0) is 22.0. The third kappa shape index (κ3) is 5.18. The summed E-state index contributed by atoms with van der Waals surface area (Å²) in [5, 5.41) is 1.17. The van der Waals surface area contributed by atoms with E-state index < -0.39 is 6.10 Å². The standard InChI is InChI=1S/C24H28ClFN2O2S/c1-3-19(14-27(31-20-12-13-20)22-7-5-4-6-21(22)26)28-23(15-30-16(2)24(28)29)17-8-10-18(25)11-9-17/h4-11,16,19-20,23H,3,12-15H2,1-2H3. The van der Waals surface area contributed by atoms with Gasteiger partial charge in [0.2, 0.25) is 0 Å². The molecule has 4 rings (SSSR count). The van der Waals surface area contributed by atoms with Crippen molar-refractivity contribution in [2.24, 2.45) is 0 Å². The largest absolute Gasteiger partial charge is 0.366 e. The summed E-state index contributed by atoms with van der Waals surface area (Å²) < 4.78 is 22.5. The molecule has 3 unspecified atom stereocenters. The number of morpholine rings is 1. The van der Waals surface area contributed by atoms with Gasteiger partial charge in [-0.1, -0.05) is 42.8 Å². The summed E-state index contributed by atoms with van der Waals surface area (Å²) in [6.45, 7) is 4.87. The molecule has 0 radical (unpaired) electrons. The highest BCUT2D eigenvalue weighted by atomic mass is 35.5. The van der Waals surface area contributed by atoms with Gasteiger partial charge in [0, 0.05) is 10.3 Å². The quantitative estimate of drug-likeness (QED) is 0.460. The lowest BCUT2D eigenvalue weighted by Gasteiger charge is -2.44. The first-order valence-corrected chi connectivity index (χ1v) is 12.1. The Morgan fingerprint density at radius 1 is 1.23 bits per heavy atom. The second-order valence-electron chi connectivity index (χ2n) is 8.17. The molecule has 31 heavy (non-hydrogen) atoms. The number of carbonyl (C=O) groups excluding carboxylic acids is 1. The molecule has 2 aromatic carbocycles. The van der Waals surface area contributed by atoms with E-state index in [-0.39, 0.29) is 23.8 Å². The Labute approximate surface area is 192 Å². The molecule has 1 saturated carbocycles. The SMILES string of the molecule is CCC(CN(SC1CC1)c1ccccc1F)N1C(=O)C(C)OCC1c1ccc(Cl)cc1. The Morgan fingerprint density at radius 2 is 1.94 bits per heavy atom. The maximum absolute atomic E-state index is 14.7. The third-order valence-corrected chi connectivity index (χ3v) is 7.48. The van der Waals surface area contributed by atoms with Crippen LogP contribution < -0.4 is 4.31 Å². The van der Waals surface area contributed by atoms with E-state index in [2.05, 4.69) is 6.92 Å². The fourth-order valence-corrected chi connectivity index (χ4v) is 5.29. The van der Waals surface area contributed by atoms with Gasteiger partial charge in [0.1, 0.15) is 11.9 Å². The van der Waals surface area contributed by atoms with Gasteiger partial charge in [0.25, 0.3) is 5.91 Å². The van der Waals surface area contributed by atoms with Gasteiger partial charge in [-0.3, -0.25) is 4.79 Å². The number of hydrogen-bond donors (Lipinski definition) is 0. The van der Waals surface area contributed by atoms with Crippen molar-refractivity contribution in [3.8, 4) is 0 Å². The van der Waals surface area contributed by atoms with Gasteiger partial charge in [-0.15, -0.1) is 0 Å². The Bertz CT molecular complexity index is 909. The van der Waals surface area contributed by atoms with Crippen LogP contribution in [-0.2, 0) is 9.53 Å². The summed E-state index contributed by atoms with van der Waals surface area (Å²) in [5.41, 5.74) is 1.57. The third-order valence-electron chi connectivity index (χ3n) is 5.86. The van der Waals surface area contributed by atoms with E-state index in [4.69, 9.17) is 16.3 Å². The molecule has 2 aliphatic rings. The summed E-state index contributed by atoms with van der Waals surface area (Å²) in [5.74, 6) is -0.260. The average molecular weight is 463 g/mol. The number of nitrogens with zero attached hydrogens (tertiary/aromatic N) is 2. The van der Waals surface area contributed by atoms with E-state index in [1.165, 1.54) is 6.07 Å². The number of para-hydroxylation sites is 1. The van der Waals surface area contributed by atoms with E-state index in [0.29, 0.717) is 29.1 Å². The lowest BCUT2D eigenvalue weighted by Crippen LogP contribution is -2.55. The molecule has 1 aliphatic carbocycles. The molecule has 4 nitrogen and oxygen atoms in total. The molecule has 2 fully saturated rings. The highest BCUT2D eigenvalue weighted by molar-refractivity contribution is 8.01. The first-order chi connectivity index (χ1) is 15.0. The molecule has 1 saturated heterocycles. The predicted octanol–water partition coefficient (Wildman–Crippen LogP) is 5.86. The molecule has 3 atom stereocenters. The Hall–Kier alpha value is -1.76. The van der Waals surface area contributed by atoms with E-state index >= 15 is 0 Å². The monoisotopic (exact) mass is 462 g/mol. The highest BCUT2D eigenvalue weighted by Gasteiger charge is 2.40. The van der Waals surface area contributed by atoms with Gasteiger partial charge < -0.3 is 13.9 Å². The lowest BCUT2D eigenvalue weighted by molar-refractivity contribution is -0.162. The summed E-state index contributed by atoms with van der Waals surface area (Å²) in [4.78, 5) is 15.2. The fourth-order valence-electron chi connectivity index (χ4n) is 3.94. The van der Waals surface area contributed by atoms with Crippen molar-refractivity contribution < 1.29 is 13.9 Å². The van der Waals surface area contributed by atoms with Gasteiger partial charge in [0.15, 0.2) is 0 Å². The van der Waals surface area contributed by atoms with Crippen LogP contribution in [0.4, 0.5) is 10.1 Å². The van der Waals surface area contributed by atoms with E-state index in [1.54, 1.807) is 24.9 Å². The Morgan fingerprint density at radius 3 is 2.58 bits per heavy atom. The molecule has 0 spiro atoms. The number of anilines is 1. The van der Waals surface area contributed by atoms with Crippen LogP contribution in [0.5, 0.6) is 0 Å². The molecule has 0 bridgehead atoms. The van der Waals surface area contributed by atoms with Gasteiger partial charge in [0.05, 0.1) is 30.9 Å². The first kappa shape index (κ1) is 22.4. The van der Waals surface area contributed by atoms with Crippen LogP contribution in [0.3, 0.4) is 0 Å². The molecule has 0 N–H and O–H groups in total. The lowest BCUT2D eigenvalue weighted by atomic mass is 9.99. The second kappa shape index (κ2) is 9.80. The maximum atomic E-state index is 14.7. The van der Waals surface area contributed by atoms with Crippen molar-refractivity contribution in [2.45, 2.75) is 56.5 Å². The van der Waals surface area contributed by atoms with Crippen molar-refractivity contribution in [3.63, 3.8) is 0 Å². The number of amides is 1. The van der Waals surface area contributed by atoms with Crippen LogP contribution in [0.15, 0.2) is 48.5 Å². The predicted molar refractivity (Wildman–Crippen MR) is 125 cm³/mol. The van der Waals surface area contributed by atoms with Gasteiger partial charge in [-0.05, 0) is 68.0 Å². The number of carbonyl (C=O) groups is 1. The molecular weight excluding hydrogens is 435 g/mol. The van der Waals surface area contributed by atoms with Crippen LogP contribution in [0.1, 0.15) is 44.7 Å². The van der Waals surface area contributed by atoms with E-state index in [0.717, 1.165) is 24.8 Å². The minimum absolute atomic E-state index is 0.0250. The molecule has 0 aromatic heterocycles. The molecule has 2 aromatic rings. The van der Waals surface area contributed by atoms with Gasteiger partial charge >= 0.3 is 0 Å². The smallest absolute Gasteiger partial charge is 0.252 e. The van der Waals surface area contributed by atoms with Crippen LogP contribution >= 0.6 is 23.5 Å². The zero-order valence-corrected chi connectivity index (χ0v) is 19.4. The molecule has 1 heterocycles. The van der Waals surface area contributed by atoms with E-state index in [1.807, 2.05) is 45.6 Å². The Kier molecular flexibility index (Phi) is 7.09. The number of rotatable bonds is 8. The van der Waals surface area contributed by atoms with Crippen LogP contribution in [0.25, 0.3) is 0 Å². The van der Waals surface area contributed by atoms with Crippen LogP contribution in [0.2, 0.25) is 5.02 Å². The van der Waals surface area contributed by atoms with Gasteiger partial charge in [-0.25, -0.2) is 4.39 Å². The van der Waals surface area contributed by atoms with Crippen LogP contribution in [0, 0.1) is 5.82 Å². The minimum atomic E-state index is -0.490. The number of benzene rings is 2. The van der Waals surface area contributed by atoms with Gasteiger partial charge in [-0.2, -0.15) is 0 Å². The summed E-state index contributed by atoms with van der Waals surface area (Å²) in [6.07, 6.45) is 2.56. The molecule has 7 heteroatoms. The Balaban J connectivity index is 1.63. The van der Waals surface area contributed by atoms with Crippen LogP contribution in [-0.4, -0.2) is 41.4 Å². The summed E-state index contributed by atoms with van der Waals surface area (Å²) in [7, 11) is 0. The first-order valence-electron chi connectivity index (χ1n) is 10.9. The minimum Gasteiger partial charge on any atom is -0.366 e. The average Bonchev–Trinajstić information content (AvgIpc) is 3.59. The topological polar surface area (TPSA) is 32.8 Å². The second-order valence-corrected chi connectivity index (χ2v) is 9.92. The highest BCUT2D eigenvalue weighted by Crippen LogP contribution is 2.40. The van der Waals surface area contributed by atoms with Crippen molar-refractivity contribution in [2.75, 3.05) is 17.5 Å². The zero-order valence-electron chi connectivity index (χ0n) is 17.8. The number of halogens is 2. The normalized spacial score (nSPS) is 22.5. The fraction of sp³-hybridized carbons (Fsp3) is 0.458. The van der Waals surface area contributed by atoms with Crippen molar-refractivity contribution in [1.29, 1.82) is 0 Å². The molecule has 1 amide bonds.